The SMILES string of the molecule is COc1cc2c(cc1OC)CN(C1CCCN(CC3CCN(C(C)=O)CC3)C1)CC2. The number of methoxy groups -OCH3 is 2. The second kappa shape index (κ2) is 9.56. The topological polar surface area (TPSA) is 45.3 Å². The third kappa shape index (κ3) is 4.75. The summed E-state index contributed by atoms with van der Waals surface area (Å²) < 4.78 is 11.0. The van der Waals surface area contributed by atoms with E-state index < -0.39 is 0 Å². The smallest absolute Gasteiger partial charge is 0.219 e. The van der Waals surface area contributed by atoms with E-state index in [1.54, 1.807) is 21.1 Å². The highest BCUT2D eigenvalue weighted by Gasteiger charge is 2.30. The van der Waals surface area contributed by atoms with Crippen LogP contribution in [-0.4, -0.2) is 80.1 Å². The number of hydrogen-bond acceptors (Lipinski definition) is 5. The Bertz CT molecular complexity index is 745. The summed E-state index contributed by atoms with van der Waals surface area (Å²) in [5, 5.41) is 0. The van der Waals surface area contributed by atoms with E-state index in [-0.39, 0.29) is 5.91 Å². The van der Waals surface area contributed by atoms with Gasteiger partial charge in [0.2, 0.25) is 5.91 Å². The Morgan fingerprint density at radius 1 is 1.00 bits per heavy atom. The summed E-state index contributed by atoms with van der Waals surface area (Å²) in [4.78, 5) is 18.9. The average molecular weight is 416 g/mol. The Kier molecular flexibility index (Phi) is 6.84. The number of carbonyl (C=O) groups is 1. The van der Waals surface area contributed by atoms with Crippen molar-refractivity contribution in [3.8, 4) is 11.5 Å². The molecule has 1 atom stereocenters. The van der Waals surface area contributed by atoms with E-state index in [1.807, 2.05) is 4.90 Å². The number of piperidine rings is 2. The van der Waals surface area contributed by atoms with Gasteiger partial charge >= 0.3 is 0 Å². The number of benzene rings is 1. The predicted octanol–water partition coefficient (Wildman–Crippen LogP) is 2.78. The van der Waals surface area contributed by atoms with Gasteiger partial charge in [0.15, 0.2) is 11.5 Å². The second-order valence-corrected chi connectivity index (χ2v) is 9.20. The fraction of sp³-hybridized carbons (Fsp3) is 0.708. The van der Waals surface area contributed by atoms with Crippen LogP contribution in [0.1, 0.15) is 43.7 Å². The van der Waals surface area contributed by atoms with Crippen molar-refractivity contribution >= 4 is 5.91 Å². The standard InChI is InChI=1S/C24H37N3O3/c1-18(28)26-10-6-19(7-11-26)15-25-9-4-5-22(17-25)27-12-8-20-13-23(29-2)24(30-3)14-21(20)16-27/h13-14,19,22H,4-12,15-17H2,1-3H3. The van der Waals surface area contributed by atoms with Crippen LogP contribution in [0.3, 0.4) is 0 Å². The number of hydrogen-bond donors (Lipinski definition) is 0. The summed E-state index contributed by atoms with van der Waals surface area (Å²) in [6.07, 6.45) is 5.96. The molecular weight excluding hydrogens is 378 g/mol. The van der Waals surface area contributed by atoms with E-state index in [4.69, 9.17) is 9.47 Å². The summed E-state index contributed by atoms with van der Waals surface area (Å²) >= 11 is 0. The van der Waals surface area contributed by atoms with Crippen LogP contribution in [0.15, 0.2) is 12.1 Å². The van der Waals surface area contributed by atoms with Crippen LogP contribution in [0, 0.1) is 5.92 Å². The lowest BCUT2D eigenvalue weighted by Crippen LogP contribution is -2.51. The first-order valence-electron chi connectivity index (χ1n) is 11.5. The van der Waals surface area contributed by atoms with Gasteiger partial charge in [-0.15, -0.1) is 0 Å². The molecule has 1 aromatic carbocycles. The molecule has 0 N–H and O–H groups in total. The molecule has 3 aliphatic rings. The van der Waals surface area contributed by atoms with Crippen molar-refractivity contribution in [2.45, 2.75) is 51.6 Å². The van der Waals surface area contributed by atoms with Crippen LogP contribution in [0.2, 0.25) is 0 Å². The van der Waals surface area contributed by atoms with Crippen molar-refractivity contribution in [2.75, 3.05) is 53.5 Å². The highest BCUT2D eigenvalue weighted by atomic mass is 16.5. The number of nitrogens with zero attached hydrogens (tertiary/aromatic N) is 3. The Balaban J connectivity index is 1.33. The fourth-order valence-corrected chi connectivity index (χ4v) is 5.51. The molecule has 1 amide bonds. The summed E-state index contributed by atoms with van der Waals surface area (Å²) in [5.74, 6) is 2.63. The zero-order chi connectivity index (χ0) is 21.1. The van der Waals surface area contributed by atoms with Gasteiger partial charge in [0.25, 0.3) is 0 Å². The number of rotatable bonds is 5. The number of amides is 1. The van der Waals surface area contributed by atoms with Gasteiger partial charge in [0, 0.05) is 52.2 Å². The van der Waals surface area contributed by atoms with Crippen molar-refractivity contribution in [3.05, 3.63) is 23.3 Å². The van der Waals surface area contributed by atoms with Gasteiger partial charge in [0.1, 0.15) is 0 Å². The van der Waals surface area contributed by atoms with Crippen LogP contribution in [0.25, 0.3) is 0 Å². The average Bonchev–Trinajstić information content (AvgIpc) is 2.78. The minimum absolute atomic E-state index is 0.228. The highest BCUT2D eigenvalue weighted by Crippen LogP contribution is 2.34. The highest BCUT2D eigenvalue weighted by molar-refractivity contribution is 5.73. The quantitative estimate of drug-likeness (QED) is 0.740. The molecule has 3 aliphatic heterocycles. The minimum atomic E-state index is 0.228. The maximum atomic E-state index is 11.6. The molecule has 0 spiro atoms. The summed E-state index contributed by atoms with van der Waals surface area (Å²) in [5.41, 5.74) is 2.78. The van der Waals surface area contributed by atoms with Gasteiger partial charge in [0.05, 0.1) is 14.2 Å². The molecule has 0 bridgehead atoms. The fourth-order valence-electron chi connectivity index (χ4n) is 5.51. The first-order chi connectivity index (χ1) is 14.6. The van der Waals surface area contributed by atoms with E-state index in [9.17, 15) is 4.79 Å². The van der Waals surface area contributed by atoms with Crippen molar-refractivity contribution in [3.63, 3.8) is 0 Å². The maximum absolute atomic E-state index is 11.6. The van der Waals surface area contributed by atoms with Gasteiger partial charge in [-0.3, -0.25) is 9.69 Å². The van der Waals surface area contributed by atoms with Crippen LogP contribution >= 0.6 is 0 Å². The second-order valence-electron chi connectivity index (χ2n) is 9.20. The van der Waals surface area contributed by atoms with E-state index >= 15 is 0 Å². The number of carbonyl (C=O) groups excluding carboxylic acids is 1. The molecule has 3 heterocycles. The molecule has 0 aliphatic carbocycles. The third-order valence-electron chi connectivity index (χ3n) is 7.32. The molecule has 0 saturated carbocycles. The van der Waals surface area contributed by atoms with Gasteiger partial charge in [-0.2, -0.15) is 0 Å². The third-order valence-corrected chi connectivity index (χ3v) is 7.32. The molecule has 30 heavy (non-hydrogen) atoms. The predicted molar refractivity (Wildman–Crippen MR) is 118 cm³/mol. The number of ether oxygens (including phenoxy) is 2. The lowest BCUT2D eigenvalue weighted by Gasteiger charge is -2.43. The van der Waals surface area contributed by atoms with E-state index in [0.29, 0.717) is 6.04 Å². The molecular formula is C24H37N3O3. The van der Waals surface area contributed by atoms with Gasteiger partial charge in [-0.05, 0) is 67.8 Å². The maximum Gasteiger partial charge on any atom is 0.219 e. The first kappa shape index (κ1) is 21.4. The van der Waals surface area contributed by atoms with Crippen LogP contribution in [0.4, 0.5) is 0 Å². The Morgan fingerprint density at radius 2 is 1.70 bits per heavy atom. The molecule has 0 aromatic heterocycles. The molecule has 2 fully saturated rings. The molecule has 2 saturated heterocycles. The summed E-state index contributed by atoms with van der Waals surface area (Å²) in [6, 6.07) is 4.97. The largest absolute Gasteiger partial charge is 0.493 e. The number of fused-ring (bicyclic) bond motifs is 1. The van der Waals surface area contributed by atoms with Crippen molar-refractivity contribution < 1.29 is 14.3 Å². The Labute approximate surface area is 181 Å². The lowest BCUT2D eigenvalue weighted by atomic mass is 9.93. The molecule has 0 radical (unpaired) electrons. The van der Waals surface area contributed by atoms with Gasteiger partial charge in [-0.1, -0.05) is 0 Å². The zero-order valence-electron chi connectivity index (χ0n) is 18.9. The summed E-state index contributed by atoms with van der Waals surface area (Å²) in [6.45, 7) is 9.28. The summed E-state index contributed by atoms with van der Waals surface area (Å²) in [7, 11) is 3.42. The molecule has 6 heteroatoms. The van der Waals surface area contributed by atoms with Gasteiger partial charge < -0.3 is 19.3 Å². The van der Waals surface area contributed by atoms with Crippen molar-refractivity contribution in [1.82, 2.24) is 14.7 Å². The zero-order valence-corrected chi connectivity index (χ0v) is 18.9. The molecule has 1 unspecified atom stereocenters. The van der Waals surface area contributed by atoms with Crippen molar-refractivity contribution in [2.24, 2.45) is 5.92 Å². The Morgan fingerprint density at radius 3 is 2.37 bits per heavy atom. The molecule has 166 valence electrons. The monoisotopic (exact) mass is 415 g/mol. The normalized spacial score (nSPS) is 23.8. The van der Waals surface area contributed by atoms with Gasteiger partial charge in [-0.25, -0.2) is 0 Å². The molecule has 6 nitrogen and oxygen atoms in total. The minimum Gasteiger partial charge on any atom is -0.493 e. The van der Waals surface area contributed by atoms with Crippen LogP contribution < -0.4 is 9.47 Å². The lowest BCUT2D eigenvalue weighted by molar-refractivity contribution is -0.130. The van der Waals surface area contributed by atoms with E-state index in [1.165, 1.54) is 43.6 Å². The first-order valence-corrected chi connectivity index (χ1v) is 11.5. The molecule has 4 rings (SSSR count). The Hall–Kier alpha value is -1.79. The molecule has 1 aromatic rings. The van der Waals surface area contributed by atoms with E-state index in [2.05, 4.69) is 21.9 Å². The van der Waals surface area contributed by atoms with E-state index in [0.717, 1.165) is 62.9 Å². The van der Waals surface area contributed by atoms with Crippen molar-refractivity contribution in [1.29, 1.82) is 0 Å². The number of likely N-dealkylation sites (tertiary alicyclic amines) is 2. The van der Waals surface area contributed by atoms with Crippen LogP contribution in [-0.2, 0) is 17.8 Å². The van der Waals surface area contributed by atoms with Crippen LogP contribution in [0.5, 0.6) is 11.5 Å².